The van der Waals surface area contributed by atoms with Gasteiger partial charge in [0.25, 0.3) is 0 Å². The van der Waals surface area contributed by atoms with E-state index in [2.05, 4.69) is 59.8 Å². The predicted octanol–water partition coefficient (Wildman–Crippen LogP) is 6.16. The number of hydrogen-bond donors (Lipinski definition) is 1. The van der Waals surface area contributed by atoms with Crippen molar-refractivity contribution in [3.05, 3.63) is 34.9 Å². The van der Waals surface area contributed by atoms with E-state index in [-0.39, 0.29) is 23.4 Å². The molecule has 0 radical (unpaired) electrons. The smallest absolute Gasteiger partial charge is 0.328 e. The molecule has 2 aliphatic rings. The molecule has 2 N–H and O–H groups in total. The molecule has 1 heterocycles. The van der Waals surface area contributed by atoms with Gasteiger partial charge in [-0.25, -0.2) is 4.79 Å². The second-order valence-corrected chi connectivity index (χ2v) is 10.5. The van der Waals surface area contributed by atoms with Gasteiger partial charge in [0.15, 0.2) is 0 Å². The summed E-state index contributed by atoms with van der Waals surface area (Å²) in [7, 11) is 0. The molecule has 0 spiro atoms. The zero-order valence-corrected chi connectivity index (χ0v) is 20.5. The van der Waals surface area contributed by atoms with Crippen LogP contribution in [-0.4, -0.2) is 17.6 Å². The van der Waals surface area contributed by atoms with E-state index in [1.54, 1.807) is 0 Å². The van der Waals surface area contributed by atoms with Gasteiger partial charge in [-0.1, -0.05) is 45.8 Å². The van der Waals surface area contributed by atoms with Gasteiger partial charge >= 0.3 is 5.97 Å². The molecule has 0 amide bonds. The van der Waals surface area contributed by atoms with Gasteiger partial charge in [0.2, 0.25) is 0 Å². The lowest BCUT2D eigenvalue weighted by atomic mass is 9.68. The largest absolute Gasteiger partial charge is 0.487 e. The summed E-state index contributed by atoms with van der Waals surface area (Å²) in [4.78, 5) is 13.0. The molecule has 1 aliphatic heterocycles. The molecule has 172 valence electrons. The van der Waals surface area contributed by atoms with Gasteiger partial charge in [0.05, 0.1) is 0 Å². The molecule has 1 aromatic carbocycles. The molecule has 0 saturated heterocycles. The first-order valence-electron chi connectivity index (χ1n) is 12.1. The summed E-state index contributed by atoms with van der Waals surface area (Å²) in [5, 5.41) is 0. The van der Waals surface area contributed by atoms with Crippen LogP contribution in [0.4, 0.5) is 0 Å². The van der Waals surface area contributed by atoms with E-state index < -0.39 is 6.04 Å². The van der Waals surface area contributed by atoms with Crippen molar-refractivity contribution in [2.75, 3.05) is 0 Å². The lowest BCUT2D eigenvalue weighted by Gasteiger charge is -2.46. The molecule has 4 nitrogen and oxygen atoms in total. The van der Waals surface area contributed by atoms with Crippen LogP contribution in [0.25, 0.3) is 0 Å². The highest BCUT2D eigenvalue weighted by Gasteiger charge is 2.45. The van der Waals surface area contributed by atoms with Gasteiger partial charge in [0.1, 0.15) is 23.1 Å². The summed E-state index contributed by atoms with van der Waals surface area (Å²) >= 11 is 0. The minimum Gasteiger partial charge on any atom is -0.487 e. The molecular formula is C27H41NO3. The lowest BCUT2D eigenvalue weighted by molar-refractivity contribution is -0.137. The molecule has 0 saturated carbocycles. The summed E-state index contributed by atoms with van der Waals surface area (Å²) in [6, 6.07) is 3.57. The molecule has 4 heteroatoms. The number of nitrogens with two attached hydrogens (primary N) is 1. The minimum absolute atomic E-state index is 0.0475. The summed E-state index contributed by atoms with van der Waals surface area (Å²) in [6.07, 6.45) is 7.66. The summed E-state index contributed by atoms with van der Waals surface area (Å²) in [6.45, 7) is 14.9. The average molecular weight is 428 g/mol. The van der Waals surface area contributed by atoms with E-state index in [1.165, 1.54) is 5.57 Å². The third kappa shape index (κ3) is 5.00. The number of benzene rings is 1. The third-order valence-electron chi connectivity index (χ3n) is 7.43. The average Bonchev–Trinajstić information content (AvgIpc) is 2.69. The van der Waals surface area contributed by atoms with E-state index in [1.807, 2.05) is 6.92 Å². The fraction of sp³-hybridized carbons (Fsp3) is 0.667. The van der Waals surface area contributed by atoms with Crippen LogP contribution in [0.2, 0.25) is 0 Å². The van der Waals surface area contributed by atoms with E-state index in [0.717, 1.165) is 49.0 Å². The first-order chi connectivity index (χ1) is 14.5. The van der Waals surface area contributed by atoms with Crippen LogP contribution in [0.1, 0.15) is 91.2 Å². The normalized spacial score (nSPS) is 23.8. The van der Waals surface area contributed by atoms with Crippen LogP contribution < -0.4 is 15.2 Å². The van der Waals surface area contributed by atoms with Gasteiger partial charge in [0, 0.05) is 17.4 Å². The van der Waals surface area contributed by atoms with Crippen LogP contribution in [0.5, 0.6) is 11.5 Å². The second kappa shape index (κ2) is 9.36. The Morgan fingerprint density at radius 3 is 2.65 bits per heavy atom. The van der Waals surface area contributed by atoms with Crippen molar-refractivity contribution in [1.29, 1.82) is 0 Å². The standard InChI is InChI=1S/C27H41NO3/c1-8-9-10-19-14-22(30-26(29)25(28)18(5)16(2)3)24-20-13-17(4)11-12-21(20)27(6,7)31-23(24)15-19/h13-16,18,20-21,25H,8-12,28H2,1-7H3/t18?,20?,21?,25-/m0/s1. The number of esters is 1. The Morgan fingerprint density at radius 1 is 1.29 bits per heavy atom. The summed E-state index contributed by atoms with van der Waals surface area (Å²) < 4.78 is 12.6. The fourth-order valence-electron chi connectivity index (χ4n) is 4.98. The number of allylic oxidation sites excluding steroid dienone is 2. The summed E-state index contributed by atoms with van der Waals surface area (Å²) in [5.74, 6) is 2.04. The molecule has 0 aromatic heterocycles. The summed E-state index contributed by atoms with van der Waals surface area (Å²) in [5.41, 5.74) is 9.58. The van der Waals surface area contributed by atoms with Crippen LogP contribution in [0.3, 0.4) is 0 Å². The first kappa shape index (κ1) is 23.8. The number of aryl methyl sites for hydroxylation is 1. The van der Waals surface area contributed by atoms with Gasteiger partial charge in [-0.2, -0.15) is 0 Å². The third-order valence-corrected chi connectivity index (χ3v) is 7.43. The minimum atomic E-state index is -0.643. The Kier molecular flexibility index (Phi) is 7.20. The van der Waals surface area contributed by atoms with Crippen LogP contribution >= 0.6 is 0 Å². The molecule has 0 bridgehead atoms. The molecule has 1 aromatic rings. The van der Waals surface area contributed by atoms with Crippen LogP contribution in [0, 0.1) is 17.8 Å². The topological polar surface area (TPSA) is 61.5 Å². The number of unbranched alkanes of at least 4 members (excludes halogenated alkanes) is 1. The Bertz CT molecular complexity index is 839. The maximum absolute atomic E-state index is 13.0. The van der Waals surface area contributed by atoms with E-state index in [4.69, 9.17) is 15.2 Å². The van der Waals surface area contributed by atoms with Crippen LogP contribution in [0.15, 0.2) is 23.8 Å². The van der Waals surface area contributed by atoms with Crippen molar-refractivity contribution < 1.29 is 14.3 Å². The highest BCUT2D eigenvalue weighted by Crippen LogP contribution is 2.53. The number of hydrogen-bond acceptors (Lipinski definition) is 4. The van der Waals surface area contributed by atoms with Crippen molar-refractivity contribution in [2.45, 2.75) is 98.1 Å². The first-order valence-corrected chi connectivity index (χ1v) is 12.1. The number of fused-ring (bicyclic) bond motifs is 3. The van der Waals surface area contributed by atoms with Gasteiger partial charge in [-0.05, 0) is 76.0 Å². The van der Waals surface area contributed by atoms with Crippen molar-refractivity contribution in [2.24, 2.45) is 23.5 Å². The van der Waals surface area contributed by atoms with Gasteiger partial charge in [-0.3, -0.25) is 0 Å². The number of ether oxygens (including phenoxy) is 2. The van der Waals surface area contributed by atoms with Crippen molar-refractivity contribution in [3.8, 4) is 11.5 Å². The van der Waals surface area contributed by atoms with E-state index in [9.17, 15) is 4.79 Å². The SMILES string of the molecule is CCCCc1cc(OC(=O)[C@@H](N)C(C)C(C)C)c2c(c1)OC(C)(C)C1CCC(C)=CC21. The highest BCUT2D eigenvalue weighted by atomic mass is 16.5. The Hall–Kier alpha value is -1.81. The maximum Gasteiger partial charge on any atom is 0.328 e. The molecule has 1 aliphatic carbocycles. The number of carbonyl (C=O) groups is 1. The zero-order chi connectivity index (χ0) is 22.9. The molecule has 0 fully saturated rings. The van der Waals surface area contributed by atoms with Crippen molar-refractivity contribution in [1.82, 2.24) is 0 Å². The molecular weight excluding hydrogens is 386 g/mol. The number of rotatable bonds is 7. The van der Waals surface area contributed by atoms with Crippen molar-refractivity contribution >= 4 is 5.97 Å². The Labute approximate surface area is 188 Å². The monoisotopic (exact) mass is 427 g/mol. The van der Waals surface area contributed by atoms with E-state index >= 15 is 0 Å². The van der Waals surface area contributed by atoms with Crippen LogP contribution in [-0.2, 0) is 11.2 Å². The molecule has 31 heavy (non-hydrogen) atoms. The molecule has 3 rings (SSSR count). The molecule has 4 atom stereocenters. The molecule has 3 unspecified atom stereocenters. The van der Waals surface area contributed by atoms with E-state index in [0.29, 0.717) is 17.6 Å². The zero-order valence-electron chi connectivity index (χ0n) is 20.5. The highest BCUT2D eigenvalue weighted by molar-refractivity contribution is 5.79. The van der Waals surface area contributed by atoms with Crippen molar-refractivity contribution in [3.63, 3.8) is 0 Å². The number of carbonyl (C=O) groups excluding carboxylic acids is 1. The Morgan fingerprint density at radius 2 is 2.00 bits per heavy atom. The van der Waals surface area contributed by atoms with Gasteiger partial charge in [-0.15, -0.1) is 0 Å². The quantitative estimate of drug-likeness (QED) is 0.321. The predicted molar refractivity (Wildman–Crippen MR) is 127 cm³/mol. The Balaban J connectivity index is 2.06. The maximum atomic E-state index is 13.0. The van der Waals surface area contributed by atoms with Gasteiger partial charge < -0.3 is 15.2 Å². The fourth-order valence-corrected chi connectivity index (χ4v) is 4.98. The second-order valence-electron chi connectivity index (χ2n) is 10.5. The lowest BCUT2D eigenvalue weighted by Crippen LogP contribution is -2.46.